The molecule has 4 rings (SSSR count). The average Bonchev–Trinajstić information content (AvgIpc) is 3.24. The Kier molecular flexibility index (Phi) is 5.30. The molecule has 7 heteroatoms. The first-order valence-electron chi connectivity index (χ1n) is 10.2. The van der Waals surface area contributed by atoms with Gasteiger partial charge < -0.3 is 15.0 Å². The number of ether oxygens (including phenoxy) is 1. The van der Waals surface area contributed by atoms with Crippen LogP contribution in [0.5, 0.6) is 5.75 Å². The molecule has 3 heterocycles. The number of hydrogen-bond donors (Lipinski definition) is 1. The van der Waals surface area contributed by atoms with E-state index in [2.05, 4.69) is 23.9 Å². The molecule has 0 spiro atoms. The normalized spacial score (nSPS) is 12.7. The third-order valence-corrected chi connectivity index (χ3v) is 5.37. The summed E-state index contributed by atoms with van der Waals surface area (Å²) in [6.07, 6.45) is 6.21. The first kappa shape index (κ1) is 20.1. The smallest absolute Gasteiger partial charge is 0.260 e. The maximum Gasteiger partial charge on any atom is 0.260 e. The van der Waals surface area contributed by atoms with Gasteiger partial charge in [0, 0.05) is 43.1 Å². The van der Waals surface area contributed by atoms with Crippen molar-refractivity contribution in [3.63, 3.8) is 0 Å². The molecule has 4 aromatic rings. The highest BCUT2D eigenvalue weighted by atomic mass is 16.5. The minimum atomic E-state index is -0.0719. The molecule has 156 valence electrons. The Hall–Kier alpha value is -3.19. The summed E-state index contributed by atoms with van der Waals surface area (Å²) in [6, 6.07) is 7.61. The summed E-state index contributed by atoms with van der Waals surface area (Å²) in [5.41, 5.74) is 8.48. The van der Waals surface area contributed by atoms with Crippen molar-refractivity contribution < 1.29 is 4.74 Å². The Bertz CT molecular complexity index is 1260. The lowest BCUT2D eigenvalue weighted by atomic mass is 10.0. The molecule has 0 aliphatic heterocycles. The number of fused-ring (bicyclic) bond motifs is 3. The molecule has 3 aromatic heterocycles. The topological polar surface area (TPSA) is 88.0 Å². The molecule has 7 nitrogen and oxygen atoms in total. The van der Waals surface area contributed by atoms with E-state index in [1.807, 2.05) is 37.4 Å². The number of nitrogens with two attached hydrogens (primary N) is 1. The maximum atomic E-state index is 13.0. The molecule has 2 N–H and O–H groups in total. The second-order valence-corrected chi connectivity index (χ2v) is 8.17. The summed E-state index contributed by atoms with van der Waals surface area (Å²) in [7, 11) is 1.78. The average molecular weight is 406 g/mol. The molecule has 0 bridgehead atoms. The first-order valence-corrected chi connectivity index (χ1v) is 10.2. The minimum absolute atomic E-state index is 0.0692. The Labute approximate surface area is 175 Å². The van der Waals surface area contributed by atoms with Crippen molar-refractivity contribution >= 4 is 21.7 Å². The van der Waals surface area contributed by atoms with Gasteiger partial charge in [-0.25, -0.2) is 4.68 Å². The summed E-state index contributed by atoms with van der Waals surface area (Å²) in [5, 5.41) is 6.84. The van der Waals surface area contributed by atoms with E-state index in [4.69, 9.17) is 10.5 Å². The van der Waals surface area contributed by atoms with Crippen molar-refractivity contribution in [1.82, 2.24) is 19.3 Å². The SMILES string of the molecule is Cc1nccc2c1c(=O)n(C)c1cc(OC[C@@H](N)CC(C)C)c(-n3cccn3)cc21. The van der Waals surface area contributed by atoms with Gasteiger partial charge in [0.25, 0.3) is 5.56 Å². The van der Waals surface area contributed by atoms with Crippen LogP contribution >= 0.6 is 0 Å². The number of benzene rings is 1. The van der Waals surface area contributed by atoms with E-state index in [-0.39, 0.29) is 11.6 Å². The summed E-state index contributed by atoms with van der Waals surface area (Å²) >= 11 is 0. The van der Waals surface area contributed by atoms with Crippen molar-refractivity contribution in [1.29, 1.82) is 0 Å². The number of pyridine rings is 2. The Morgan fingerprint density at radius 1 is 1.20 bits per heavy atom. The highest BCUT2D eigenvalue weighted by molar-refractivity contribution is 6.07. The van der Waals surface area contributed by atoms with Crippen LogP contribution in [0, 0.1) is 12.8 Å². The van der Waals surface area contributed by atoms with E-state index < -0.39 is 0 Å². The first-order chi connectivity index (χ1) is 14.4. The van der Waals surface area contributed by atoms with Gasteiger partial charge in [-0.15, -0.1) is 0 Å². The molecule has 0 aliphatic carbocycles. The standard InChI is InChI=1S/C23H27N5O2/c1-14(2)10-16(24)13-30-21-12-19-18(11-20(21)28-9-5-7-26-28)17-6-8-25-15(3)22(17)23(29)27(19)4/h5-9,11-12,14,16H,10,13,24H2,1-4H3/t16-/m0/s1. The Balaban J connectivity index is 1.93. The van der Waals surface area contributed by atoms with Crippen LogP contribution in [-0.4, -0.2) is 32.0 Å². The fraction of sp³-hybridized carbons (Fsp3) is 0.348. The molecule has 1 atom stereocenters. The summed E-state index contributed by atoms with van der Waals surface area (Å²) in [6.45, 7) is 6.53. The van der Waals surface area contributed by atoms with E-state index in [9.17, 15) is 4.79 Å². The molecule has 0 amide bonds. The second-order valence-electron chi connectivity index (χ2n) is 8.17. The van der Waals surface area contributed by atoms with Crippen LogP contribution in [0.25, 0.3) is 27.4 Å². The summed E-state index contributed by atoms with van der Waals surface area (Å²) < 4.78 is 9.57. The van der Waals surface area contributed by atoms with Gasteiger partial charge in [-0.2, -0.15) is 5.10 Å². The lowest BCUT2D eigenvalue weighted by molar-refractivity contribution is 0.270. The van der Waals surface area contributed by atoms with E-state index in [0.717, 1.165) is 34.1 Å². The van der Waals surface area contributed by atoms with Crippen LogP contribution in [0.1, 0.15) is 26.0 Å². The van der Waals surface area contributed by atoms with Crippen molar-refractivity contribution in [3.05, 3.63) is 58.9 Å². The van der Waals surface area contributed by atoms with Crippen molar-refractivity contribution in [3.8, 4) is 11.4 Å². The number of aromatic nitrogens is 4. The molecule has 0 unspecified atom stereocenters. The second kappa shape index (κ2) is 7.91. The number of nitrogens with zero attached hydrogens (tertiary/aromatic N) is 4. The zero-order valence-electron chi connectivity index (χ0n) is 17.8. The van der Waals surface area contributed by atoms with Gasteiger partial charge in [-0.1, -0.05) is 13.8 Å². The maximum absolute atomic E-state index is 13.0. The van der Waals surface area contributed by atoms with Crippen LogP contribution in [-0.2, 0) is 7.05 Å². The largest absolute Gasteiger partial charge is 0.490 e. The van der Waals surface area contributed by atoms with E-state index in [1.165, 1.54) is 0 Å². The summed E-state index contributed by atoms with van der Waals surface area (Å²) in [5.74, 6) is 1.14. The van der Waals surface area contributed by atoms with Gasteiger partial charge in [-0.3, -0.25) is 9.78 Å². The van der Waals surface area contributed by atoms with Crippen LogP contribution in [0.2, 0.25) is 0 Å². The third-order valence-electron chi connectivity index (χ3n) is 5.37. The molecule has 0 radical (unpaired) electrons. The number of rotatable bonds is 6. The van der Waals surface area contributed by atoms with Gasteiger partial charge in [0.2, 0.25) is 0 Å². The van der Waals surface area contributed by atoms with Crippen molar-refractivity contribution in [2.24, 2.45) is 18.7 Å². The number of hydrogen-bond acceptors (Lipinski definition) is 5. The Morgan fingerprint density at radius 3 is 2.70 bits per heavy atom. The molecule has 0 saturated carbocycles. The van der Waals surface area contributed by atoms with Gasteiger partial charge in [-0.05, 0) is 42.8 Å². The van der Waals surface area contributed by atoms with Gasteiger partial charge in [0.05, 0.1) is 16.6 Å². The van der Waals surface area contributed by atoms with Crippen LogP contribution < -0.4 is 16.0 Å². The van der Waals surface area contributed by atoms with Crippen molar-refractivity contribution in [2.75, 3.05) is 6.61 Å². The summed E-state index contributed by atoms with van der Waals surface area (Å²) in [4.78, 5) is 17.3. The van der Waals surface area contributed by atoms with E-state index >= 15 is 0 Å². The fourth-order valence-corrected chi connectivity index (χ4v) is 3.97. The van der Waals surface area contributed by atoms with E-state index in [1.54, 1.807) is 28.7 Å². The number of aryl methyl sites for hydroxylation is 2. The minimum Gasteiger partial charge on any atom is -0.490 e. The van der Waals surface area contributed by atoms with Gasteiger partial charge >= 0.3 is 0 Å². The molecule has 0 fully saturated rings. The van der Waals surface area contributed by atoms with Gasteiger partial charge in [0.1, 0.15) is 18.0 Å². The van der Waals surface area contributed by atoms with Crippen LogP contribution in [0.3, 0.4) is 0 Å². The zero-order valence-corrected chi connectivity index (χ0v) is 17.8. The zero-order chi connectivity index (χ0) is 21.4. The fourth-order valence-electron chi connectivity index (χ4n) is 3.97. The lowest BCUT2D eigenvalue weighted by Crippen LogP contribution is -2.29. The molecule has 30 heavy (non-hydrogen) atoms. The molecular formula is C23H27N5O2. The predicted molar refractivity (Wildman–Crippen MR) is 119 cm³/mol. The lowest BCUT2D eigenvalue weighted by Gasteiger charge is -2.19. The molecule has 0 aliphatic rings. The van der Waals surface area contributed by atoms with Crippen molar-refractivity contribution in [2.45, 2.75) is 33.2 Å². The molecule has 1 aromatic carbocycles. The quantitative estimate of drug-likeness (QED) is 0.497. The highest BCUT2D eigenvalue weighted by Crippen LogP contribution is 2.32. The predicted octanol–water partition coefficient (Wildman–Crippen LogP) is 3.33. The van der Waals surface area contributed by atoms with Gasteiger partial charge in [0.15, 0.2) is 0 Å². The van der Waals surface area contributed by atoms with Crippen LogP contribution in [0.15, 0.2) is 47.7 Å². The Morgan fingerprint density at radius 2 is 2.00 bits per heavy atom. The molecule has 0 saturated heterocycles. The highest BCUT2D eigenvalue weighted by Gasteiger charge is 2.17. The molecular weight excluding hydrogens is 378 g/mol. The van der Waals surface area contributed by atoms with E-state index in [0.29, 0.717) is 23.7 Å². The van der Waals surface area contributed by atoms with Crippen LogP contribution in [0.4, 0.5) is 0 Å². The monoisotopic (exact) mass is 405 g/mol. The third kappa shape index (κ3) is 3.57.